The first-order chi connectivity index (χ1) is 15.5. The molecule has 2 aliphatic heterocycles. The molecule has 0 spiro atoms. The van der Waals surface area contributed by atoms with Crippen LogP contribution in [0.1, 0.15) is 49.8 Å². The van der Waals surface area contributed by atoms with Gasteiger partial charge in [-0.05, 0) is 44.7 Å². The van der Waals surface area contributed by atoms with Crippen LogP contribution in [-0.2, 0) is 16.2 Å². The van der Waals surface area contributed by atoms with Crippen molar-refractivity contribution < 1.29 is 21.6 Å². The zero-order chi connectivity index (χ0) is 23.8. The van der Waals surface area contributed by atoms with Crippen LogP contribution < -0.4 is 10.2 Å². The van der Waals surface area contributed by atoms with Crippen LogP contribution in [0, 0.1) is 0 Å². The van der Waals surface area contributed by atoms with Crippen molar-refractivity contribution in [3.63, 3.8) is 0 Å². The highest BCUT2D eigenvalue weighted by Crippen LogP contribution is 2.33. The van der Waals surface area contributed by atoms with E-state index in [2.05, 4.69) is 27.1 Å². The molecule has 2 aromatic rings. The van der Waals surface area contributed by atoms with Crippen molar-refractivity contribution in [2.75, 3.05) is 36.1 Å². The number of pyridine rings is 1. The second kappa shape index (κ2) is 9.05. The van der Waals surface area contributed by atoms with Gasteiger partial charge >= 0.3 is 6.18 Å². The number of hydrogen-bond donors (Lipinski definition) is 1. The predicted octanol–water partition coefficient (Wildman–Crippen LogP) is 3.76. The lowest BCUT2D eigenvalue weighted by atomic mass is 9.94. The van der Waals surface area contributed by atoms with Crippen LogP contribution in [0.3, 0.4) is 0 Å². The zero-order valence-electron chi connectivity index (χ0n) is 18.5. The molecule has 4 rings (SSSR count). The van der Waals surface area contributed by atoms with E-state index in [9.17, 15) is 21.6 Å². The maximum Gasteiger partial charge on any atom is 0.416 e. The molecule has 33 heavy (non-hydrogen) atoms. The van der Waals surface area contributed by atoms with Gasteiger partial charge in [0.05, 0.1) is 17.5 Å². The minimum Gasteiger partial charge on any atom is -0.338 e. The van der Waals surface area contributed by atoms with Gasteiger partial charge in [0.25, 0.3) is 0 Å². The maximum absolute atomic E-state index is 13.1. The Hall–Kier alpha value is -2.47. The molecule has 4 heterocycles. The van der Waals surface area contributed by atoms with Gasteiger partial charge in [0, 0.05) is 43.9 Å². The van der Waals surface area contributed by atoms with E-state index in [1.807, 2.05) is 0 Å². The fraction of sp³-hybridized carbons (Fsp3) is 0.571. The van der Waals surface area contributed by atoms with Gasteiger partial charge in [0.2, 0.25) is 16.0 Å². The van der Waals surface area contributed by atoms with E-state index in [0.29, 0.717) is 37.7 Å². The molecule has 2 fully saturated rings. The normalized spacial score (nSPS) is 20.9. The summed E-state index contributed by atoms with van der Waals surface area (Å²) in [5.74, 6) is 0.962. The average Bonchev–Trinajstić information content (AvgIpc) is 3.18. The minimum absolute atomic E-state index is 0.0256. The highest BCUT2D eigenvalue weighted by Gasteiger charge is 2.31. The molecule has 1 atom stereocenters. The molecule has 8 nitrogen and oxygen atoms in total. The number of nitrogens with one attached hydrogen (secondary N) is 1. The second-order valence-electron chi connectivity index (χ2n) is 8.65. The number of piperidine rings is 1. The van der Waals surface area contributed by atoms with Crippen LogP contribution >= 0.6 is 0 Å². The Morgan fingerprint density at radius 1 is 1.06 bits per heavy atom. The summed E-state index contributed by atoms with van der Waals surface area (Å²) in [6.07, 6.45) is 1.09. The van der Waals surface area contributed by atoms with Gasteiger partial charge in [0.1, 0.15) is 11.6 Å². The van der Waals surface area contributed by atoms with Crippen molar-refractivity contribution in [2.45, 2.75) is 50.7 Å². The Morgan fingerprint density at radius 3 is 2.39 bits per heavy atom. The SMILES string of the molecule is CC1CCCN1c1nc(Nc2cc(C(F)(F)F)ccn2)cc(C2CCN(S(C)(=O)=O)CC2)n1. The second-order valence-corrected chi connectivity index (χ2v) is 10.6. The summed E-state index contributed by atoms with van der Waals surface area (Å²) in [6, 6.07) is 3.85. The Morgan fingerprint density at radius 2 is 1.79 bits per heavy atom. The predicted molar refractivity (Wildman–Crippen MR) is 119 cm³/mol. The van der Waals surface area contributed by atoms with Crippen molar-refractivity contribution in [3.05, 3.63) is 35.7 Å². The number of alkyl halides is 3. The van der Waals surface area contributed by atoms with Crippen molar-refractivity contribution in [3.8, 4) is 0 Å². The minimum atomic E-state index is -4.47. The molecule has 0 aromatic carbocycles. The lowest BCUT2D eigenvalue weighted by molar-refractivity contribution is -0.137. The third-order valence-electron chi connectivity index (χ3n) is 6.23. The number of rotatable bonds is 5. The van der Waals surface area contributed by atoms with Gasteiger partial charge in [-0.25, -0.2) is 22.7 Å². The smallest absolute Gasteiger partial charge is 0.338 e. The molecule has 12 heteroatoms. The molecule has 0 amide bonds. The Balaban J connectivity index is 1.63. The van der Waals surface area contributed by atoms with Crippen LogP contribution in [0.25, 0.3) is 0 Å². The summed E-state index contributed by atoms with van der Waals surface area (Å²) >= 11 is 0. The standard InChI is InChI=1S/C21H27F3N6O2S/c1-14-4-3-9-30(14)20-26-17(15-6-10-29(11-7-15)33(2,31)32)13-19(28-20)27-18-12-16(5-8-25-18)21(22,23)24/h5,8,12-15H,3-4,6-7,9-11H2,1-2H3,(H,25,26,27,28). The first kappa shape index (κ1) is 23.7. The molecule has 0 bridgehead atoms. The summed E-state index contributed by atoms with van der Waals surface area (Å²) in [6.45, 7) is 3.70. The molecule has 2 saturated heterocycles. The summed E-state index contributed by atoms with van der Waals surface area (Å²) in [5, 5.41) is 2.91. The van der Waals surface area contributed by atoms with Crippen LogP contribution in [0.2, 0.25) is 0 Å². The maximum atomic E-state index is 13.1. The number of halogens is 3. The topological polar surface area (TPSA) is 91.3 Å². The lowest BCUT2D eigenvalue weighted by Crippen LogP contribution is -2.37. The van der Waals surface area contributed by atoms with Crippen LogP contribution in [0.4, 0.5) is 30.8 Å². The van der Waals surface area contributed by atoms with E-state index in [-0.39, 0.29) is 17.8 Å². The molecule has 2 aliphatic rings. The number of hydrogen-bond acceptors (Lipinski definition) is 7. The molecule has 2 aromatic heterocycles. The molecule has 0 aliphatic carbocycles. The van der Waals surface area contributed by atoms with E-state index < -0.39 is 21.8 Å². The number of sulfonamides is 1. The van der Waals surface area contributed by atoms with Crippen LogP contribution in [0.15, 0.2) is 24.4 Å². The summed E-state index contributed by atoms with van der Waals surface area (Å²) in [5.41, 5.74) is -0.0439. The highest BCUT2D eigenvalue weighted by molar-refractivity contribution is 7.88. The molecule has 180 valence electrons. The first-order valence-corrected chi connectivity index (χ1v) is 12.8. The van der Waals surface area contributed by atoms with Crippen LogP contribution in [-0.4, -0.2) is 59.6 Å². The van der Waals surface area contributed by atoms with Crippen molar-refractivity contribution in [1.82, 2.24) is 19.3 Å². The molecular formula is C21H27F3N6O2S. The Kier molecular flexibility index (Phi) is 6.50. The summed E-state index contributed by atoms with van der Waals surface area (Å²) < 4.78 is 64.5. The quantitative estimate of drug-likeness (QED) is 0.691. The van der Waals surface area contributed by atoms with Crippen LogP contribution in [0.5, 0.6) is 0 Å². The largest absolute Gasteiger partial charge is 0.416 e. The van der Waals surface area contributed by atoms with E-state index in [4.69, 9.17) is 4.98 Å². The number of anilines is 3. The van der Waals surface area contributed by atoms with E-state index in [1.165, 1.54) is 10.6 Å². The molecular weight excluding hydrogens is 457 g/mol. The number of aromatic nitrogens is 3. The van der Waals surface area contributed by atoms with Gasteiger partial charge in [-0.1, -0.05) is 0 Å². The first-order valence-electron chi connectivity index (χ1n) is 10.9. The van der Waals surface area contributed by atoms with E-state index >= 15 is 0 Å². The fourth-order valence-corrected chi connectivity index (χ4v) is 5.25. The van der Waals surface area contributed by atoms with Gasteiger partial charge in [-0.3, -0.25) is 0 Å². The molecule has 0 saturated carbocycles. The van der Waals surface area contributed by atoms with Crippen molar-refractivity contribution in [2.24, 2.45) is 0 Å². The van der Waals surface area contributed by atoms with Gasteiger partial charge in [-0.2, -0.15) is 18.2 Å². The third kappa shape index (κ3) is 5.55. The molecule has 0 radical (unpaired) electrons. The summed E-state index contributed by atoms with van der Waals surface area (Å²) in [7, 11) is -3.25. The average molecular weight is 485 g/mol. The third-order valence-corrected chi connectivity index (χ3v) is 7.53. The summed E-state index contributed by atoms with van der Waals surface area (Å²) in [4.78, 5) is 15.5. The fourth-order valence-electron chi connectivity index (χ4n) is 4.37. The van der Waals surface area contributed by atoms with Gasteiger partial charge in [-0.15, -0.1) is 0 Å². The highest BCUT2D eigenvalue weighted by atomic mass is 32.2. The number of nitrogens with zero attached hydrogens (tertiary/aromatic N) is 5. The van der Waals surface area contributed by atoms with Crippen molar-refractivity contribution in [1.29, 1.82) is 0 Å². The van der Waals surface area contributed by atoms with E-state index in [0.717, 1.165) is 43.4 Å². The van der Waals surface area contributed by atoms with Crippen molar-refractivity contribution >= 4 is 27.6 Å². The van der Waals surface area contributed by atoms with Gasteiger partial charge in [0.15, 0.2) is 0 Å². The lowest BCUT2D eigenvalue weighted by Gasteiger charge is -2.30. The zero-order valence-corrected chi connectivity index (χ0v) is 19.3. The monoisotopic (exact) mass is 484 g/mol. The Labute approximate surface area is 191 Å². The van der Waals surface area contributed by atoms with E-state index in [1.54, 1.807) is 6.07 Å². The van der Waals surface area contributed by atoms with Gasteiger partial charge < -0.3 is 10.2 Å². The molecule has 1 N–H and O–H groups in total. The molecule has 1 unspecified atom stereocenters. The Bertz CT molecular complexity index is 1100.